The van der Waals surface area contributed by atoms with Gasteiger partial charge >= 0.3 is 0 Å². The van der Waals surface area contributed by atoms with E-state index in [-0.39, 0.29) is 5.91 Å². The van der Waals surface area contributed by atoms with Crippen molar-refractivity contribution in [1.82, 2.24) is 5.32 Å². The van der Waals surface area contributed by atoms with Gasteiger partial charge in [0.25, 0.3) is 0 Å². The summed E-state index contributed by atoms with van der Waals surface area (Å²) in [6.07, 6.45) is 6.81. The molecule has 0 spiro atoms. The number of carbonyl (C=O) groups is 1. The Morgan fingerprint density at radius 3 is 2.33 bits per heavy atom. The van der Waals surface area contributed by atoms with E-state index in [0.29, 0.717) is 11.5 Å². The van der Waals surface area contributed by atoms with Crippen LogP contribution in [-0.4, -0.2) is 17.4 Å². The number of nitrogens with one attached hydrogen (secondary N) is 1. The first-order chi connectivity index (χ1) is 10.1. The van der Waals surface area contributed by atoms with E-state index < -0.39 is 5.41 Å². The molecule has 0 bridgehead atoms. The van der Waals surface area contributed by atoms with Crippen LogP contribution in [0.1, 0.15) is 44.1 Å². The standard InChI is InChI=1S/C17H24N2OS/c18-15(21)17(11-6-1-2-7-12-17)16(20)19-13-10-14-8-4-3-5-9-14/h3-5,8-9H,1-2,6-7,10-13H2,(H2,18,21)(H,19,20). The lowest BCUT2D eigenvalue weighted by Crippen LogP contribution is -2.49. The van der Waals surface area contributed by atoms with E-state index in [1.807, 2.05) is 18.2 Å². The lowest BCUT2D eigenvalue weighted by atomic mass is 9.79. The highest BCUT2D eigenvalue weighted by atomic mass is 32.1. The fraction of sp³-hybridized carbons (Fsp3) is 0.529. The van der Waals surface area contributed by atoms with Crippen molar-refractivity contribution in [2.24, 2.45) is 11.1 Å². The number of amides is 1. The van der Waals surface area contributed by atoms with Gasteiger partial charge in [0.2, 0.25) is 5.91 Å². The topological polar surface area (TPSA) is 55.1 Å². The molecule has 1 amide bonds. The van der Waals surface area contributed by atoms with Crippen LogP contribution < -0.4 is 11.1 Å². The summed E-state index contributed by atoms with van der Waals surface area (Å²) in [6, 6.07) is 10.2. The van der Waals surface area contributed by atoms with Gasteiger partial charge in [-0.3, -0.25) is 4.79 Å². The Hall–Kier alpha value is -1.42. The molecule has 0 heterocycles. The van der Waals surface area contributed by atoms with Crippen LogP contribution in [0.25, 0.3) is 0 Å². The SMILES string of the molecule is NC(=S)C1(C(=O)NCCc2ccccc2)CCCCCC1. The summed E-state index contributed by atoms with van der Waals surface area (Å²) in [6.45, 7) is 0.632. The molecular formula is C17H24N2OS. The second-order valence-electron chi connectivity index (χ2n) is 5.85. The maximum absolute atomic E-state index is 12.6. The number of carbonyl (C=O) groups excluding carboxylic acids is 1. The summed E-state index contributed by atoms with van der Waals surface area (Å²) in [5, 5.41) is 3.04. The van der Waals surface area contributed by atoms with Crippen LogP contribution in [0, 0.1) is 5.41 Å². The molecule has 1 aliphatic rings. The lowest BCUT2D eigenvalue weighted by molar-refractivity contribution is -0.128. The average Bonchev–Trinajstić information content (AvgIpc) is 2.75. The fourth-order valence-electron chi connectivity index (χ4n) is 3.05. The molecule has 0 aliphatic heterocycles. The van der Waals surface area contributed by atoms with Crippen LogP contribution >= 0.6 is 12.2 Å². The highest BCUT2D eigenvalue weighted by molar-refractivity contribution is 7.80. The van der Waals surface area contributed by atoms with Crippen molar-refractivity contribution in [2.75, 3.05) is 6.54 Å². The van der Waals surface area contributed by atoms with Gasteiger partial charge in [-0.1, -0.05) is 68.2 Å². The Labute approximate surface area is 132 Å². The molecule has 3 nitrogen and oxygen atoms in total. The number of rotatable bonds is 5. The molecular weight excluding hydrogens is 280 g/mol. The Morgan fingerprint density at radius 1 is 1.14 bits per heavy atom. The van der Waals surface area contributed by atoms with Crippen LogP contribution in [-0.2, 0) is 11.2 Å². The van der Waals surface area contributed by atoms with Crippen molar-refractivity contribution in [3.63, 3.8) is 0 Å². The molecule has 0 aromatic heterocycles. The molecule has 1 aromatic rings. The number of hydrogen-bond donors (Lipinski definition) is 2. The van der Waals surface area contributed by atoms with Crippen molar-refractivity contribution in [1.29, 1.82) is 0 Å². The average molecular weight is 304 g/mol. The summed E-state index contributed by atoms with van der Waals surface area (Å²) in [7, 11) is 0. The van der Waals surface area contributed by atoms with E-state index in [1.165, 1.54) is 18.4 Å². The zero-order valence-corrected chi connectivity index (χ0v) is 13.3. The number of hydrogen-bond acceptors (Lipinski definition) is 2. The molecule has 3 N–H and O–H groups in total. The minimum absolute atomic E-state index is 0.0211. The van der Waals surface area contributed by atoms with E-state index in [1.54, 1.807) is 0 Å². The molecule has 114 valence electrons. The van der Waals surface area contributed by atoms with Gasteiger partial charge in [0.05, 0.1) is 10.4 Å². The second-order valence-corrected chi connectivity index (χ2v) is 6.29. The lowest BCUT2D eigenvalue weighted by Gasteiger charge is -2.30. The number of thiocarbonyl (C=S) groups is 1. The third kappa shape index (κ3) is 4.03. The molecule has 0 radical (unpaired) electrons. The van der Waals surface area contributed by atoms with Crippen molar-refractivity contribution in [3.8, 4) is 0 Å². The molecule has 0 unspecified atom stereocenters. The van der Waals surface area contributed by atoms with E-state index in [2.05, 4.69) is 17.4 Å². The molecule has 21 heavy (non-hydrogen) atoms. The van der Waals surface area contributed by atoms with Crippen LogP contribution in [0.4, 0.5) is 0 Å². The molecule has 0 saturated heterocycles. The van der Waals surface area contributed by atoms with E-state index in [4.69, 9.17) is 18.0 Å². The first-order valence-electron chi connectivity index (χ1n) is 7.77. The second kappa shape index (κ2) is 7.55. The van der Waals surface area contributed by atoms with E-state index in [9.17, 15) is 4.79 Å². The van der Waals surface area contributed by atoms with Crippen LogP contribution in [0.15, 0.2) is 30.3 Å². The van der Waals surface area contributed by atoms with Gasteiger partial charge in [0.1, 0.15) is 0 Å². The third-order valence-electron chi connectivity index (χ3n) is 4.41. The highest BCUT2D eigenvalue weighted by Gasteiger charge is 2.41. The Morgan fingerprint density at radius 2 is 1.76 bits per heavy atom. The quantitative estimate of drug-likeness (QED) is 0.649. The summed E-state index contributed by atoms with van der Waals surface area (Å²) >= 11 is 5.22. The largest absolute Gasteiger partial charge is 0.392 e. The maximum atomic E-state index is 12.6. The Bertz CT molecular complexity index is 479. The van der Waals surface area contributed by atoms with Gasteiger partial charge in [-0.05, 0) is 24.8 Å². The van der Waals surface area contributed by atoms with Gasteiger partial charge in [-0.25, -0.2) is 0 Å². The molecule has 0 atom stereocenters. The van der Waals surface area contributed by atoms with Crippen molar-refractivity contribution in [3.05, 3.63) is 35.9 Å². The first-order valence-corrected chi connectivity index (χ1v) is 8.18. The number of nitrogens with two attached hydrogens (primary N) is 1. The predicted molar refractivity (Wildman–Crippen MR) is 90.1 cm³/mol. The first kappa shape index (κ1) is 16.0. The third-order valence-corrected chi connectivity index (χ3v) is 4.80. The fourth-order valence-corrected chi connectivity index (χ4v) is 3.35. The molecule has 1 aliphatic carbocycles. The van der Waals surface area contributed by atoms with Crippen LogP contribution in [0.5, 0.6) is 0 Å². The Kier molecular flexibility index (Phi) is 5.74. The molecule has 1 aromatic carbocycles. The molecule has 2 rings (SSSR count). The molecule has 1 fully saturated rings. The summed E-state index contributed by atoms with van der Waals surface area (Å²) in [5.74, 6) is 0.0211. The van der Waals surface area contributed by atoms with Crippen molar-refractivity contribution in [2.45, 2.75) is 44.9 Å². The van der Waals surface area contributed by atoms with Gasteiger partial charge < -0.3 is 11.1 Å². The predicted octanol–water partition coefficient (Wildman–Crippen LogP) is 2.97. The van der Waals surface area contributed by atoms with Crippen molar-refractivity contribution >= 4 is 23.1 Å². The van der Waals surface area contributed by atoms with Crippen molar-refractivity contribution < 1.29 is 4.79 Å². The van der Waals surface area contributed by atoms with Gasteiger partial charge in [-0.2, -0.15) is 0 Å². The van der Waals surface area contributed by atoms with E-state index in [0.717, 1.165) is 32.1 Å². The molecule has 4 heteroatoms. The molecule has 1 saturated carbocycles. The smallest absolute Gasteiger partial charge is 0.233 e. The minimum Gasteiger partial charge on any atom is -0.392 e. The van der Waals surface area contributed by atoms with E-state index >= 15 is 0 Å². The van der Waals surface area contributed by atoms with Gasteiger partial charge in [-0.15, -0.1) is 0 Å². The van der Waals surface area contributed by atoms with Gasteiger partial charge in [0, 0.05) is 6.54 Å². The number of benzene rings is 1. The zero-order chi connectivity index (χ0) is 15.1. The normalized spacial score (nSPS) is 17.7. The van der Waals surface area contributed by atoms with Gasteiger partial charge in [0.15, 0.2) is 0 Å². The van der Waals surface area contributed by atoms with Crippen LogP contribution in [0.2, 0.25) is 0 Å². The summed E-state index contributed by atoms with van der Waals surface area (Å²) < 4.78 is 0. The summed E-state index contributed by atoms with van der Waals surface area (Å²) in [4.78, 5) is 13.0. The summed E-state index contributed by atoms with van der Waals surface area (Å²) in [5.41, 5.74) is 6.53. The van der Waals surface area contributed by atoms with Crippen LogP contribution in [0.3, 0.4) is 0 Å². The minimum atomic E-state index is -0.622. The monoisotopic (exact) mass is 304 g/mol. The highest BCUT2D eigenvalue weighted by Crippen LogP contribution is 2.35. The maximum Gasteiger partial charge on any atom is 0.233 e. The zero-order valence-electron chi connectivity index (χ0n) is 12.4. The Balaban J connectivity index is 1.94.